The molecule has 23 heavy (non-hydrogen) atoms. The van der Waals surface area contributed by atoms with Crippen LogP contribution in [-0.2, 0) is 16.8 Å². The van der Waals surface area contributed by atoms with Crippen LogP contribution in [0.25, 0.3) is 0 Å². The third-order valence-corrected chi connectivity index (χ3v) is 3.34. The van der Waals surface area contributed by atoms with Crippen LogP contribution in [0.5, 0.6) is 0 Å². The Morgan fingerprint density at radius 1 is 1.48 bits per heavy atom. The van der Waals surface area contributed by atoms with Gasteiger partial charge in [-0.2, -0.15) is 13.1 Å². The van der Waals surface area contributed by atoms with Crippen molar-refractivity contribution < 1.29 is 22.6 Å². The average Bonchev–Trinajstić information content (AvgIpc) is 2.94. The maximum Gasteiger partial charge on any atom is 0.274 e. The van der Waals surface area contributed by atoms with E-state index in [1.807, 2.05) is 4.72 Å². The van der Waals surface area contributed by atoms with Gasteiger partial charge in [0.2, 0.25) is 5.84 Å². The lowest BCUT2D eigenvalue weighted by Gasteiger charge is -2.07. The van der Waals surface area contributed by atoms with Gasteiger partial charge >= 0.3 is 0 Å². The van der Waals surface area contributed by atoms with E-state index in [1.165, 1.54) is 12.1 Å². The lowest BCUT2D eigenvalue weighted by atomic mass is 10.2. The zero-order valence-electron chi connectivity index (χ0n) is 11.2. The number of rotatable bonds is 5. The molecule has 124 valence electrons. The molecule has 10 nitrogen and oxygen atoms in total. The van der Waals surface area contributed by atoms with Crippen LogP contribution >= 0.6 is 11.6 Å². The minimum absolute atomic E-state index is 0.00698. The number of amidine groups is 1. The Bertz CT molecular complexity index is 840. The van der Waals surface area contributed by atoms with Gasteiger partial charge in [0.05, 0.1) is 11.6 Å². The predicted molar refractivity (Wildman–Crippen MR) is 77.6 cm³/mol. The highest BCUT2D eigenvalue weighted by Gasteiger charge is 2.19. The van der Waals surface area contributed by atoms with E-state index in [9.17, 15) is 12.8 Å². The van der Waals surface area contributed by atoms with Crippen LogP contribution < -0.4 is 15.2 Å². The number of hydrogen-bond acceptors (Lipinski definition) is 7. The number of anilines is 1. The second-order valence-electron chi connectivity index (χ2n) is 4.13. The molecule has 2 aromatic rings. The van der Waals surface area contributed by atoms with Gasteiger partial charge < -0.3 is 10.5 Å². The summed E-state index contributed by atoms with van der Waals surface area (Å²) in [5.74, 6) is -0.846. The van der Waals surface area contributed by atoms with E-state index >= 15 is 0 Å². The van der Waals surface area contributed by atoms with Crippen LogP contribution in [0.2, 0.25) is 5.02 Å². The predicted octanol–water partition coefficient (Wildman–Crippen LogP) is 0.403. The first-order valence-electron chi connectivity index (χ1n) is 5.83. The summed E-state index contributed by atoms with van der Waals surface area (Å²) in [6.07, 6.45) is 0. The quantitative estimate of drug-likeness (QED) is 0.259. The Morgan fingerprint density at radius 2 is 2.22 bits per heavy atom. The maximum absolute atomic E-state index is 13.1. The summed E-state index contributed by atoms with van der Waals surface area (Å²) in [6.45, 7) is -0.345. The van der Waals surface area contributed by atoms with Crippen molar-refractivity contribution >= 4 is 33.3 Å². The summed E-state index contributed by atoms with van der Waals surface area (Å²) in [7, 11) is -3.96. The molecule has 0 saturated carbocycles. The van der Waals surface area contributed by atoms with Crippen molar-refractivity contribution in [3.63, 3.8) is 0 Å². The molecule has 1 heterocycles. The highest BCUT2D eigenvalue weighted by molar-refractivity contribution is 7.87. The van der Waals surface area contributed by atoms with Gasteiger partial charge in [-0.15, -0.1) is 0 Å². The van der Waals surface area contributed by atoms with Gasteiger partial charge in [0, 0.05) is 5.69 Å². The number of aromatic nitrogens is 2. The Hall–Kier alpha value is -2.28. The highest BCUT2D eigenvalue weighted by Crippen LogP contribution is 2.20. The zero-order valence-corrected chi connectivity index (χ0v) is 12.8. The number of nitrogens with two attached hydrogens (primary N) is 1. The van der Waals surface area contributed by atoms with Crippen LogP contribution in [0.15, 0.2) is 28.0 Å². The monoisotopic (exact) mass is 364 g/mol. The number of oxime groups is 1. The van der Waals surface area contributed by atoms with Crippen LogP contribution in [0, 0.1) is 5.82 Å². The van der Waals surface area contributed by atoms with Crippen molar-refractivity contribution in [3.8, 4) is 0 Å². The van der Waals surface area contributed by atoms with Gasteiger partial charge in [0.15, 0.2) is 5.69 Å². The number of benzene rings is 1. The molecule has 0 spiro atoms. The smallest absolute Gasteiger partial charge is 0.274 e. The van der Waals surface area contributed by atoms with Crippen molar-refractivity contribution in [2.75, 3.05) is 5.32 Å². The van der Waals surface area contributed by atoms with E-state index in [2.05, 4.69) is 25.4 Å². The molecule has 0 radical (unpaired) electrons. The fourth-order valence-corrected chi connectivity index (χ4v) is 2.03. The molecular weight excluding hydrogens is 355 g/mol. The first kappa shape index (κ1) is 17.1. The molecule has 5 N–H and O–H groups in total. The Morgan fingerprint density at radius 3 is 2.83 bits per heavy atom. The lowest BCUT2D eigenvalue weighted by Crippen LogP contribution is -2.31. The van der Waals surface area contributed by atoms with E-state index in [4.69, 9.17) is 21.9 Å². The van der Waals surface area contributed by atoms with E-state index in [0.717, 1.165) is 6.07 Å². The minimum Gasteiger partial charge on any atom is -0.409 e. The first-order chi connectivity index (χ1) is 10.8. The molecule has 0 aliphatic rings. The van der Waals surface area contributed by atoms with Crippen molar-refractivity contribution in [1.82, 2.24) is 15.0 Å². The molecule has 1 aromatic carbocycles. The second kappa shape index (κ2) is 6.87. The van der Waals surface area contributed by atoms with Gasteiger partial charge in [-0.25, -0.2) is 14.2 Å². The fourth-order valence-electron chi connectivity index (χ4n) is 1.51. The molecule has 0 saturated heterocycles. The number of halogens is 2. The molecule has 1 aromatic heterocycles. The normalized spacial score (nSPS) is 12.4. The van der Waals surface area contributed by atoms with Crippen molar-refractivity contribution in [3.05, 3.63) is 40.4 Å². The van der Waals surface area contributed by atoms with Crippen molar-refractivity contribution in [2.45, 2.75) is 6.54 Å². The van der Waals surface area contributed by atoms with Gasteiger partial charge in [-0.1, -0.05) is 21.9 Å². The molecule has 0 atom stereocenters. The third kappa shape index (κ3) is 4.59. The number of hydrogen-bond donors (Lipinski definition) is 4. The second-order valence-corrected chi connectivity index (χ2v) is 5.91. The van der Waals surface area contributed by atoms with Crippen molar-refractivity contribution in [2.24, 2.45) is 10.3 Å². The molecule has 0 fully saturated rings. The van der Waals surface area contributed by atoms with Crippen molar-refractivity contribution in [1.29, 1.82) is 0 Å². The van der Waals surface area contributed by atoms with Crippen LogP contribution in [-0.4, -0.2) is 29.8 Å². The zero-order chi connectivity index (χ0) is 17.0. The molecular formula is C10H10ClFN6O4S. The van der Waals surface area contributed by atoms with Gasteiger partial charge in [0.25, 0.3) is 10.2 Å². The minimum atomic E-state index is -3.96. The molecule has 0 bridgehead atoms. The van der Waals surface area contributed by atoms with E-state index in [-0.39, 0.29) is 34.5 Å². The molecule has 0 unspecified atom stereocenters. The van der Waals surface area contributed by atoms with Gasteiger partial charge in [-0.05, 0) is 23.4 Å². The standard InChI is InChI=1S/C10H10ClFN6O4S/c11-6-3-5(1-2-7(6)12)15-10(16-19)9-8(17-22-18-9)4-14-23(13,20)21/h1-3,14,19H,4H2,(H,15,16)(H2,13,20,21). The van der Waals surface area contributed by atoms with Gasteiger partial charge in [-0.3, -0.25) is 0 Å². The maximum atomic E-state index is 13.1. The van der Waals surface area contributed by atoms with E-state index < -0.39 is 16.0 Å². The summed E-state index contributed by atoms with van der Waals surface area (Å²) >= 11 is 5.64. The fraction of sp³-hybridized carbons (Fsp3) is 0.100. The highest BCUT2D eigenvalue weighted by atomic mass is 35.5. The topological polar surface area (TPSA) is 156 Å². The third-order valence-electron chi connectivity index (χ3n) is 2.50. The molecule has 2 rings (SSSR count). The van der Waals surface area contributed by atoms with Gasteiger partial charge in [0.1, 0.15) is 11.5 Å². The lowest BCUT2D eigenvalue weighted by molar-refractivity contribution is 0.300. The average molecular weight is 365 g/mol. The molecule has 0 aliphatic carbocycles. The Balaban J connectivity index is 2.22. The number of nitrogens with zero attached hydrogens (tertiary/aromatic N) is 3. The summed E-state index contributed by atoms with van der Waals surface area (Å²) in [5, 5.41) is 26.3. The van der Waals surface area contributed by atoms with E-state index in [1.54, 1.807) is 0 Å². The number of nitrogens with one attached hydrogen (secondary N) is 2. The summed E-state index contributed by atoms with van der Waals surface area (Å²) in [6, 6.07) is 3.68. The molecule has 13 heteroatoms. The van der Waals surface area contributed by atoms with Crippen LogP contribution in [0.1, 0.15) is 11.4 Å². The summed E-state index contributed by atoms with van der Waals surface area (Å²) in [5.41, 5.74) is 0.217. The van der Waals surface area contributed by atoms with Crippen LogP contribution in [0.3, 0.4) is 0 Å². The SMILES string of the molecule is NS(=O)(=O)NCc1nonc1/C(=N/O)Nc1ccc(F)c(Cl)c1. The molecule has 0 amide bonds. The van der Waals surface area contributed by atoms with E-state index in [0.29, 0.717) is 0 Å². The Labute approximate surface area is 134 Å². The first-order valence-corrected chi connectivity index (χ1v) is 7.76. The summed E-state index contributed by atoms with van der Waals surface area (Å²) < 4.78 is 41.3. The molecule has 0 aliphatic heterocycles. The summed E-state index contributed by atoms with van der Waals surface area (Å²) in [4.78, 5) is 0. The largest absolute Gasteiger partial charge is 0.409 e. The Kier molecular flexibility index (Phi) is 5.10. The van der Waals surface area contributed by atoms with Crippen LogP contribution in [0.4, 0.5) is 10.1 Å².